The highest BCUT2D eigenvalue weighted by Crippen LogP contribution is 2.20. The lowest BCUT2D eigenvalue weighted by Gasteiger charge is -2.06. The molecule has 2 aromatic rings. The van der Waals surface area contributed by atoms with Crippen molar-refractivity contribution in [1.82, 2.24) is 0 Å². The number of hydrogen-bond acceptors (Lipinski definition) is 2. The Morgan fingerprint density at radius 2 is 1.79 bits per heavy atom. The smallest absolute Gasteiger partial charge is 0.341 e. The summed E-state index contributed by atoms with van der Waals surface area (Å²) in [4.78, 5) is 11.7. The number of carbonyl (C=O) groups excluding carboxylic acids is 1. The Bertz CT molecular complexity index is 600. The number of benzene rings is 2. The van der Waals surface area contributed by atoms with Crippen LogP contribution in [0.5, 0.6) is 0 Å². The van der Waals surface area contributed by atoms with Gasteiger partial charge in [0.15, 0.2) is 0 Å². The molecule has 0 N–H and O–H groups in total. The van der Waals surface area contributed by atoms with Crippen molar-refractivity contribution in [2.24, 2.45) is 0 Å². The average molecular weight is 327 g/mol. The van der Waals surface area contributed by atoms with Gasteiger partial charge in [0.05, 0.1) is 10.0 Å². The quantitative estimate of drug-likeness (QED) is 0.627. The van der Waals surface area contributed by atoms with Gasteiger partial charge in [0.25, 0.3) is 0 Å². The van der Waals surface area contributed by atoms with E-state index >= 15 is 0 Å². The minimum atomic E-state index is -0.896. The molecule has 0 aliphatic rings. The first-order valence-electron chi connectivity index (χ1n) is 5.43. The summed E-state index contributed by atoms with van der Waals surface area (Å²) >= 11 is 2.84. The minimum Gasteiger partial charge on any atom is -0.457 e. The van der Waals surface area contributed by atoms with Gasteiger partial charge in [-0.2, -0.15) is 0 Å². The number of halogens is 3. The van der Waals surface area contributed by atoms with E-state index in [0.29, 0.717) is 0 Å². The monoisotopic (exact) mass is 326 g/mol. The first-order chi connectivity index (χ1) is 9.08. The predicted octanol–water partition coefficient (Wildman–Crippen LogP) is 4.08. The molecule has 0 spiro atoms. The molecule has 98 valence electrons. The maximum atomic E-state index is 13.5. The molecule has 0 radical (unpaired) electrons. The summed E-state index contributed by atoms with van der Waals surface area (Å²) in [6.45, 7) is 0.0107. The van der Waals surface area contributed by atoms with Gasteiger partial charge in [0.1, 0.15) is 18.2 Å². The second-order valence-corrected chi connectivity index (χ2v) is 4.66. The second kappa shape index (κ2) is 5.93. The van der Waals surface area contributed by atoms with E-state index in [1.54, 1.807) is 24.3 Å². The number of esters is 1. The Hall–Kier alpha value is -1.75. The number of ether oxygens (including phenoxy) is 1. The van der Waals surface area contributed by atoms with Gasteiger partial charge in [-0.25, -0.2) is 13.6 Å². The van der Waals surface area contributed by atoms with Crippen LogP contribution in [0.1, 0.15) is 15.9 Å². The predicted molar refractivity (Wildman–Crippen MR) is 69.6 cm³/mol. The molecule has 0 amide bonds. The number of rotatable bonds is 3. The zero-order valence-corrected chi connectivity index (χ0v) is 11.3. The van der Waals surface area contributed by atoms with Gasteiger partial charge in [0.2, 0.25) is 0 Å². The summed E-state index contributed by atoms with van der Waals surface area (Å²) in [5, 5.41) is 0. The molecule has 0 fully saturated rings. The van der Waals surface area contributed by atoms with Crippen LogP contribution in [0.3, 0.4) is 0 Å². The van der Waals surface area contributed by atoms with Gasteiger partial charge < -0.3 is 4.74 Å². The number of carbonyl (C=O) groups is 1. The summed E-state index contributed by atoms with van der Waals surface area (Å²) < 4.78 is 31.7. The highest BCUT2D eigenvalue weighted by Gasteiger charge is 2.16. The fourth-order valence-corrected chi connectivity index (χ4v) is 1.80. The average Bonchev–Trinajstić information content (AvgIpc) is 2.41. The van der Waals surface area contributed by atoms with Gasteiger partial charge in [-0.15, -0.1) is 0 Å². The van der Waals surface area contributed by atoms with E-state index in [1.165, 1.54) is 0 Å². The number of hydrogen-bond donors (Lipinski definition) is 0. The van der Waals surface area contributed by atoms with Crippen molar-refractivity contribution < 1.29 is 18.3 Å². The van der Waals surface area contributed by atoms with Gasteiger partial charge >= 0.3 is 5.97 Å². The van der Waals surface area contributed by atoms with Crippen LogP contribution >= 0.6 is 15.9 Å². The fourth-order valence-electron chi connectivity index (χ4n) is 1.48. The maximum absolute atomic E-state index is 13.5. The molecule has 2 nitrogen and oxygen atoms in total. The zero-order valence-electron chi connectivity index (χ0n) is 9.70. The van der Waals surface area contributed by atoms with Crippen LogP contribution in [0, 0.1) is 11.6 Å². The Labute approximate surface area is 117 Å². The zero-order chi connectivity index (χ0) is 13.8. The fraction of sp³-hybridized carbons (Fsp3) is 0.0714. The molecule has 0 atom stereocenters. The Morgan fingerprint density at radius 3 is 2.47 bits per heavy atom. The van der Waals surface area contributed by atoms with E-state index < -0.39 is 23.2 Å². The molecule has 19 heavy (non-hydrogen) atoms. The highest BCUT2D eigenvalue weighted by atomic mass is 79.9. The van der Waals surface area contributed by atoms with Crippen molar-refractivity contribution in [3.05, 3.63) is 69.7 Å². The van der Waals surface area contributed by atoms with Crippen LogP contribution in [0.2, 0.25) is 0 Å². The van der Waals surface area contributed by atoms with E-state index in [-0.39, 0.29) is 11.1 Å². The van der Waals surface area contributed by atoms with Crippen LogP contribution in [0.25, 0.3) is 0 Å². The molecule has 5 heteroatoms. The Morgan fingerprint density at radius 1 is 1.11 bits per heavy atom. The molecule has 0 heterocycles. The van der Waals surface area contributed by atoms with Crippen molar-refractivity contribution in [3.63, 3.8) is 0 Å². The summed E-state index contributed by atoms with van der Waals surface area (Å²) in [5.74, 6) is -2.44. The SMILES string of the molecule is O=C(OCc1ccccc1)c1cc(F)c(Br)cc1F. The third-order valence-electron chi connectivity index (χ3n) is 2.44. The maximum Gasteiger partial charge on any atom is 0.341 e. The minimum absolute atomic E-state index is 0.0107. The molecule has 0 unspecified atom stereocenters. The molecular formula is C14H9BrF2O2. The first kappa shape index (κ1) is 13.7. The standard InChI is InChI=1S/C14H9BrF2O2/c15-11-7-12(16)10(6-13(11)17)14(18)19-8-9-4-2-1-3-5-9/h1-7H,8H2. The van der Waals surface area contributed by atoms with Crippen LogP contribution in [0.15, 0.2) is 46.9 Å². The molecular weight excluding hydrogens is 318 g/mol. The lowest BCUT2D eigenvalue weighted by Crippen LogP contribution is -2.08. The first-order valence-corrected chi connectivity index (χ1v) is 6.23. The van der Waals surface area contributed by atoms with Crippen molar-refractivity contribution in [2.75, 3.05) is 0 Å². The van der Waals surface area contributed by atoms with Crippen molar-refractivity contribution in [2.45, 2.75) is 6.61 Å². The van der Waals surface area contributed by atoms with Crippen LogP contribution < -0.4 is 0 Å². The van der Waals surface area contributed by atoms with Gasteiger partial charge in [-0.3, -0.25) is 0 Å². The third kappa shape index (κ3) is 3.38. The summed E-state index contributed by atoms with van der Waals surface area (Å²) in [6, 6.07) is 10.7. The molecule has 0 aromatic heterocycles. The van der Waals surface area contributed by atoms with E-state index in [2.05, 4.69) is 15.9 Å². The van der Waals surface area contributed by atoms with Crippen LogP contribution in [0.4, 0.5) is 8.78 Å². The lowest BCUT2D eigenvalue weighted by molar-refractivity contribution is 0.0466. The van der Waals surface area contributed by atoms with E-state index in [4.69, 9.17) is 4.74 Å². The molecule has 2 rings (SSSR count). The molecule has 2 aromatic carbocycles. The molecule has 0 bridgehead atoms. The molecule has 0 saturated carbocycles. The molecule has 0 aliphatic heterocycles. The Kier molecular flexibility index (Phi) is 4.27. The topological polar surface area (TPSA) is 26.3 Å². The van der Waals surface area contributed by atoms with Crippen molar-refractivity contribution in [1.29, 1.82) is 0 Å². The summed E-state index contributed by atoms with van der Waals surface area (Å²) in [6.07, 6.45) is 0. The Balaban J connectivity index is 2.10. The van der Waals surface area contributed by atoms with E-state index in [9.17, 15) is 13.6 Å². The van der Waals surface area contributed by atoms with Gasteiger partial charge in [0, 0.05) is 0 Å². The largest absolute Gasteiger partial charge is 0.457 e. The molecule has 0 saturated heterocycles. The van der Waals surface area contributed by atoms with Crippen LogP contribution in [-0.4, -0.2) is 5.97 Å². The molecule has 0 aliphatic carbocycles. The third-order valence-corrected chi connectivity index (χ3v) is 3.05. The summed E-state index contributed by atoms with van der Waals surface area (Å²) in [5.41, 5.74) is 0.352. The normalized spacial score (nSPS) is 10.3. The summed E-state index contributed by atoms with van der Waals surface area (Å²) in [7, 11) is 0. The van der Waals surface area contributed by atoms with E-state index in [1.807, 2.05) is 6.07 Å². The lowest BCUT2D eigenvalue weighted by atomic mass is 10.2. The van der Waals surface area contributed by atoms with Gasteiger partial charge in [-0.1, -0.05) is 30.3 Å². The van der Waals surface area contributed by atoms with Gasteiger partial charge in [-0.05, 0) is 33.6 Å². The second-order valence-electron chi connectivity index (χ2n) is 3.81. The van der Waals surface area contributed by atoms with E-state index in [0.717, 1.165) is 17.7 Å². The van der Waals surface area contributed by atoms with Crippen LogP contribution in [-0.2, 0) is 11.3 Å². The van der Waals surface area contributed by atoms with Crippen molar-refractivity contribution in [3.8, 4) is 0 Å². The van der Waals surface area contributed by atoms with Crippen molar-refractivity contribution >= 4 is 21.9 Å². The highest BCUT2D eigenvalue weighted by molar-refractivity contribution is 9.10.